The van der Waals surface area contributed by atoms with Gasteiger partial charge in [-0.25, -0.2) is 0 Å². The molecule has 0 aliphatic carbocycles. The smallest absolute Gasteiger partial charge is 0.222 e. The summed E-state index contributed by atoms with van der Waals surface area (Å²) in [5, 5.41) is 0. The van der Waals surface area contributed by atoms with E-state index >= 15 is 0 Å². The molecule has 2 unspecified atom stereocenters. The minimum atomic E-state index is -0.189. The normalized spacial score (nSPS) is 24.0. The lowest BCUT2D eigenvalue weighted by molar-refractivity contribution is -0.122. The topological polar surface area (TPSA) is 72.4 Å². The number of anilines is 1. The molecule has 1 fully saturated rings. The maximum absolute atomic E-state index is 11.3. The van der Waals surface area contributed by atoms with Gasteiger partial charge in [0.1, 0.15) is 0 Å². The molecule has 0 saturated carbocycles. The van der Waals surface area contributed by atoms with Crippen LogP contribution in [0, 0.1) is 5.92 Å². The molecule has 98 valence electrons. The van der Waals surface area contributed by atoms with E-state index in [1.165, 1.54) is 0 Å². The van der Waals surface area contributed by atoms with Crippen LogP contribution in [0.5, 0.6) is 0 Å². The lowest BCUT2D eigenvalue weighted by atomic mass is 9.92. The van der Waals surface area contributed by atoms with Gasteiger partial charge in [-0.2, -0.15) is 0 Å². The molecule has 4 heteroatoms. The molecule has 2 rings (SSSR count). The minimum absolute atomic E-state index is 0.0321. The fourth-order valence-electron chi connectivity index (χ4n) is 2.52. The molecule has 1 aliphatic rings. The average molecular weight is 247 g/mol. The molecule has 1 aromatic rings. The van der Waals surface area contributed by atoms with Crippen LogP contribution in [-0.2, 0) is 11.3 Å². The van der Waals surface area contributed by atoms with E-state index < -0.39 is 0 Å². The summed E-state index contributed by atoms with van der Waals surface area (Å²) in [6, 6.07) is 8.67. The number of primary amides is 1. The van der Waals surface area contributed by atoms with Gasteiger partial charge in [0.15, 0.2) is 0 Å². The molecule has 4 nitrogen and oxygen atoms in total. The van der Waals surface area contributed by atoms with Gasteiger partial charge in [-0.05, 0) is 37.5 Å². The number of nitrogens with zero attached hydrogens (tertiary/aromatic N) is 1. The molecule has 1 heterocycles. The number of hydrogen-bond acceptors (Lipinski definition) is 3. The van der Waals surface area contributed by atoms with E-state index in [-0.39, 0.29) is 11.8 Å². The summed E-state index contributed by atoms with van der Waals surface area (Å²) >= 11 is 0. The predicted octanol–water partition coefficient (Wildman–Crippen LogP) is 1.24. The number of amides is 1. The third-order valence-electron chi connectivity index (χ3n) is 3.79. The maximum atomic E-state index is 11.3. The molecule has 1 amide bonds. The number of carbonyl (C=O) groups is 1. The summed E-state index contributed by atoms with van der Waals surface area (Å²) in [7, 11) is 0. The van der Waals surface area contributed by atoms with Crippen LogP contribution in [0.15, 0.2) is 24.3 Å². The lowest BCUT2D eigenvalue weighted by Gasteiger charge is -2.38. The van der Waals surface area contributed by atoms with E-state index in [0.29, 0.717) is 12.6 Å². The fraction of sp³-hybridized carbons (Fsp3) is 0.500. The Kier molecular flexibility index (Phi) is 3.87. The highest BCUT2D eigenvalue weighted by Gasteiger charge is 2.28. The Bertz CT molecular complexity index is 416. The molecule has 0 aromatic heterocycles. The summed E-state index contributed by atoms with van der Waals surface area (Å²) in [5.41, 5.74) is 13.3. The van der Waals surface area contributed by atoms with Crippen LogP contribution in [0.1, 0.15) is 25.3 Å². The van der Waals surface area contributed by atoms with E-state index in [4.69, 9.17) is 11.5 Å². The first-order valence-corrected chi connectivity index (χ1v) is 6.46. The second-order valence-electron chi connectivity index (χ2n) is 5.05. The summed E-state index contributed by atoms with van der Waals surface area (Å²) in [6.07, 6.45) is 1.90. The molecular weight excluding hydrogens is 226 g/mol. The van der Waals surface area contributed by atoms with Crippen molar-refractivity contribution in [3.8, 4) is 0 Å². The van der Waals surface area contributed by atoms with Gasteiger partial charge in [-0.15, -0.1) is 0 Å². The quantitative estimate of drug-likeness (QED) is 0.844. The van der Waals surface area contributed by atoms with Crippen molar-refractivity contribution in [3.63, 3.8) is 0 Å². The maximum Gasteiger partial charge on any atom is 0.222 e. The van der Waals surface area contributed by atoms with Gasteiger partial charge < -0.3 is 16.4 Å². The molecular formula is C14H21N3O. The largest absolute Gasteiger partial charge is 0.369 e. The molecule has 1 aromatic carbocycles. The zero-order valence-corrected chi connectivity index (χ0v) is 10.8. The Labute approximate surface area is 108 Å². The van der Waals surface area contributed by atoms with Crippen molar-refractivity contribution in [2.45, 2.75) is 32.4 Å². The predicted molar refractivity (Wildman–Crippen MR) is 73.1 cm³/mol. The van der Waals surface area contributed by atoms with Crippen molar-refractivity contribution < 1.29 is 4.79 Å². The van der Waals surface area contributed by atoms with Gasteiger partial charge >= 0.3 is 0 Å². The van der Waals surface area contributed by atoms with Crippen molar-refractivity contribution in [1.29, 1.82) is 0 Å². The summed E-state index contributed by atoms with van der Waals surface area (Å²) in [4.78, 5) is 13.6. The lowest BCUT2D eigenvalue weighted by Crippen LogP contribution is -2.45. The van der Waals surface area contributed by atoms with Crippen molar-refractivity contribution >= 4 is 11.6 Å². The first-order valence-electron chi connectivity index (χ1n) is 6.46. The highest BCUT2D eigenvalue weighted by molar-refractivity contribution is 5.77. The standard InChI is InChI=1S/C14H21N3O/c1-10-2-5-12(14(16)18)9-17(10)13-6-3-11(8-15)4-7-13/h3-4,6-7,10,12H,2,5,8-9,15H2,1H3,(H2,16,18). The summed E-state index contributed by atoms with van der Waals surface area (Å²) in [6.45, 7) is 3.46. The monoisotopic (exact) mass is 247 g/mol. The Hall–Kier alpha value is -1.55. The van der Waals surface area contributed by atoms with Gasteiger partial charge in [0, 0.05) is 24.8 Å². The number of nitrogens with two attached hydrogens (primary N) is 2. The van der Waals surface area contributed by atoms with Gasteiger partial charge in [0.2, 0.25) is 5.91 Å². The molecule has 4 N–H and O–H groups in total. The van der Waals surface area contributed by atoms with Gasteiger partial charge in [-0.1, -0.05) is 12.1 Å². The zero-order chi connectivity index (χ0) is 13.1. The number of hydrogen-bond donors (Lipinski definition) is 2. The molecule has 0 radical (unpaired) electrons. The third-order valence-corrected chi connectivity index (χ3v) is 3.79. The van der Waals surface area contributed by atoms with Gasteiger partial charge in [-0.3, -0.25) is 4.79 Å². The second kappa shape index (κ2) is 5.40. The van der Waals surface area contributed by atoms with Crippen LogP contribution in [0.25, 0.3) is 0 Å². The van der Waals surface area contributed by atoms with E-state index in [1.807, 2.05) is 12.1 Å². The van der Waals surface area contributed by atoms with E-state index in [0.717, 1.165) is 30.6 Å². The first kappa shape index (κ1) is 12.9. The third kappa shape index (κ3) is 2.64. The summed E-state index contributed by atoms with van der Waals surface area (Å²) in [5.74, 6) is -0.221. The van der Waals surface area contributed by atoms with Crippen molar-refractivity contribution in [2.75, 3.05) is 11.4 Å². The van der Waals surface area contributed by atoms with Crippen molar-refractivity contribution in [2.24, 2.45) is 17.4 Å². The van der Waals surface area contributed by atoms with E-state index in [1.54, 1.807) is 0 Å². The molecule has 0 bridgehead atoms. The average Bonchev–Trinajstić information content (AvgIpc) is 2.39. The number of rotatable bonds is 3. The fourth-order valence-corrected chi connectivity index (χ4v) is 2.52. The highest BCUT2D eigenvalue weighted by Crippen LogP contribution is 2.27. The summed E-state index contributed by atoms with van der Waals surface area (Å²) < 4.78 is 0. The van der Waals surface area contributed by atoms with E-state index in [9.17, 15) is 4.79 Å². The van der Waals surface area contributed by atoms with Crippen LogP contribution >= 0.6 is 0 Å². The Morgan fingerprint density at radius 2 is 2.00 bits per heavy atom. The molecule has 18 heavy (non-hydrogen) atoms. The van der Waals surface area contributed by atoms with Crippen LogP contribution in [0.2, 0.25) is 0 Å². The molecule has 1 saturated heterocycles. The van der Waals surface area contributed by atoms with Crippen LogP contribution in [0.4, 0.5) is 5.69 Å². The Morgan fingerprint density at radius 3 is 2.56 bits per heavy atom. The van der Waals surface area contributed by atoms with Crippen LogP contribution in [-0.4, -0.2) is 18.5 Å². The minimum Gasteiger partial charge on any atom is -0.369 e. The Morgan fingerprint density at radius 1 is 1.33 bits per heavy atom. The second-order valence-corrected chi connectivity index (χ2v) is 5.05. The van der Waals surface area contributed by atoms with Gasteiger partial charge in [0.05, 0.1) is 5.92 Å². The van der Waals surface area contributed by atoms with Crippen LogP contribution < -0.4 is 16.4 Å². The highest BCUT2D eigenvalue weighted by atomic mass is 16.1. The number of carbonyl (C=O) groups excluding carboxylic acids is 1. The number of piperidine rings is 1. The zero-order valence-electron chi connectivity index (χ0n) is 10.8. The SMILES string of the molecule is CC1CCC(C(N)=O)CN1c1ccc(CN)cc1. The van der Waals surface area contributed by atoms with Crippen molar-refractivity contribution in [1.82, 2.24) is 0 Å². The van der Waals surface area contributed by atoms with E-state index in [2.05, 4.69) is 24.0 Å². The molecule has 1 aliphatic heterocycles. The molecule has 0 spiro atoms. The number of benzene rings is 1. The van der Waals surface area contributed by atoms with Crippen LogP contribution in [0.3, 0.4) is 0 Å². The first-order chi connectivity index (χ1) is 8.61. The van der Waals surface area contributed by atoms with Crippen molar-refractivity contribution in [3.05, 3.63) is 29.8 Å². The van der Waals surface area contributed by atoms with Gasteiger partial charge in [0.25, 0.3) is 0 Å². The molecule has 2 atom stereocenters. The Balaban J connectivity index is 2.15.